The molecule has 0 aromatic heterocycles. The lowest BCUT2D eigenvalue weighted by molar-refractivity contribution is -0.158. The van der Waals surface area contributed by atoms with Crippen molar-refractivity contribution in [2.45, 2.75) is 37.8 Å². The Balaban J connectivity index is 1.57. The maximum atomic E-state index is 12.3. The molecule has 1 amide bonds. The maximum absolute atomic E-state index is 12.3. The second-order valence-corrected chi connectivity index (χ2v) is 5.70. The van der Waals surface area contributed by atoms with Gasteiger partial charge < -0.3 is 15.0 Å². The van der Waals surface area contributed by atoms with Gasteiger partial charge in [-0.1, -0.05) is 6.42 Å². The van der Waals surface area contributed by atoms with Gasteiger partial charge in [-0.15, -0.1) is 0 Å². The molecular formula is C13H22N2O2. The lowest BCUT2D eigenvalue weighted by Gasteiger charge is -2.53. The molecule has 96 valence electrons. The number of nitrogens with zero attached hydrogens (tertiary/aromatic N) is 1. The zero-order valence-corrected chi connectivity index (χ0v) is 10.5. The molecule has 4 heteroatoms. The standard InChI is InChI=1S/C13H22N2O2/c1-17-12-9-6-10(12)8-15(7-9)13(16)11-4-2-3-5-14-11/h9-12,14H,2-8H2,1H3. The first-order valence-electron chi connectivity index (χ1n) is 6.84. The fourth-order valence-electron chi connectivity index (χ4n) is 3.69. The second-order valence-electron chi connectivity index (χ2n) is 5.70. The minimum absolute atomic E-state index is 0.0854. The van der Waals surface area contributed by atoms with Crippen LogP contribution in [0.3, 0.4) is 0 Å². The highest BCUT2D eigenvalue weighted by Crippen LogP contribution is 2.42. The molecule has 1 N–H and O–H groups in total. The van der Waals surface area contributed by atoms with Crippen LogP contribution in [0.4, 0.5) is 0 Å². The van der Waals surface area contributed by atoms with Crippen molar-refractivity contribution in [2.24, 2.45) is 11.8 Å². The molecule has 2 bridgehead atoms. The van der Waals surface area contributed by atoms with Gasteiger partial charge in [-0.2, -0.15) is 0 Å². The van der Waals surface area contributed by atoms with Crippen LogP contribution in [0.1, 0.15) is 25.7 Å². The van der Waals surface area contributed by atoms with Crippen molar-refractivity contribution in [2.75, 3.05) is 26.7 Å². The van der Waals surface area contributed by atoms with Crippen LogP contribution < -0.4 is 5.32 Å². The summed E-state index contributed by atoms with van der Waals surface area (Å²) in [4.78, 5) is 14.4. The molecule has 4 nitrogen and oxygen atoms in total. The molecule has 3 heterocycles. The molecule has 3 aliphatic heterocycles. The third-order valence-electron chi connectivity index (χ3n) is 4.64. The van der Waals surface area contributed by atoms with Gasteiger partial charge in [-0.25, -0.2) is 0 Å². The largest absolute Gasteiger partial charge is 0.381 e. The molecule has 3 saturated heterocycles. The normalized spacial score (nSPS) is 40.9. The average Bonchev–Trinajstić information content (AvgIpc) is 2.39. The minimum atomic E-state index is 0.0854. The Labute approximate surface area is 103 Å². The predicted octanol–water partition coefficient (Wildman–Crippen LogP) is 0.622. The molecule has 3 unspecified atom stereocenters. The number of rotatable bonds is 2. The summed E-state index contributed by atoms with van der Waals surface area (Å²) in [6.45, 7) is 2.82. The van der Waals surface area contributed by atoms with Crippen LogP contribution in [-0.2, 0) is 9.53 Å². The van der Waals surface area contributed by atoms with Crippen LogP contribution in [0.5, 0.6) is 0 Å². The average molecular weight is 238 g/mol. The summed E-state index contributed by atoms with van der Waals surface area (Å²) in [5, 5.41) is 3.35. The molecule has 0 aromatic carbocycles. The Hall–Kier alpha value is -0.610. The van der Waals surface area contributed by atoms with E-state index in [9.17, 15) is 4.79 Å². The van der Waals surface area contributed by atoms with E-state index in [1.165, 1.54) is 19.3 Å². The molecule has 4 fully saturated rings. The third kappa shape index (κ3) is 1.97. The van der Waals surface area contributed by atoms with Crippen LogP contribution in [0.2, 0.25) is 0 Å². The number of nitrogens with one attached hydrogen (secondary N) is 1. The highest BCUT2D eigenvalue weighted by Gasteiger charge is 2.48. The van der Waals surface area contributed by atoms with E-state index < -0.39 is 0 Å². The molecule has 1 saturated carbocycles. The van der Waals surface area contributed by atoms with Crippen LogP contribution in [0.15, 0.2) is 0 Å². The molecule has 0 radical (unpaired) electrons. The number of hydrogen-bond acceptors (Lipinski definition) is 3. The number of piperidine rings is 3. The van der Waals surface area contributed by atoms with Gasteiger partial charge >= 0.3 is 0 Å². The van der Waals surface area contributed by atoms with Crippen LogP contribution in [-0.4, -0.2) is 49.7 Å². The molecule has 1 aliphatic carbocycles. The number of ether oxygens (including phenoxy) is 1. The van der Waals surface area contributed by atoms with Gasteiger partial charge in [0.15, 0.2) is 0 Å². The summed E-state index contributed by atoms with van der Waals surface area (Å²) in [7, 11) is 1.80. The summed E-state index contributed by atoms with van der Waals surface area (Å²) in [6.07, 6.45) is 5.07. The Morgan fingerprint density at radius 2 is 2.06 bits per heavy atom. The van der Waals surface area contributed by atoms with E-state index in [2.05, 4.69) is 10.2 Å². The molecule has 4 rings (SSSR count). The fourth-order valence-corrected chi connectivity index (χ4v) is 3.69. The predicted molar refractivity (Wildman–Crippen MR) is 64.6 cm³/mol. The van der Waals surface area contributed by atoms with Gasteiger partial charge in [0.2, 0.25) is 5.91 Å². The number of hydrogen-bond donors (Lipinski definition) is 1. The zero-order valence-electron chi connectivity index (χ0n) is 10.5. The Bertz CT molecular complexity index is 290. The summed E-state index contributed by atoms with van der Waals surface area (Å²) < 4.78 is 5.47. The quantitative estimate of drug-likeness (QED) is 0.767. The van der Waals surface area contributed by atoms with Gasteiger partial charge in [0.25, 0.3) is 0 Å². The summed E-state index contributed by atoms with van der Waals surface area (Å²) in [5.74, 6) is 1.51. The van der Waals surface area contributed by atoms with Gasteiger partial charge in [-0.05, 0) is 25.8 Å². The van der Waals surface area contributed by atoms with Gasteiger partial charge in [0.1, 0.15) is 0 Å². The molecule has 4 aliphatic rings. The first kappa shape index (κ1) is 11.5. The zero-order chi connectivity index (χ0) is 11.8. The van der Waals surface area contributed by atoms with Gasteiger partial charge in [-0.3, -0.25) is 4.79 Å². The Kier molecular flexibility index (Phi) is 3.09. The number of amides is 1. The van der Waals surface area contributed by atoms with Gasteiger partial charge in [0, 0.05) is 32.0 Å². The Morgan fingerprint density at radius 3 is 2.65 bits per heavy atom. The third-order valence-corrected chi connectivity index (χ3v) is 4.64. The second kappa shape index (κ2) is 4.58. The first-order chi connectivity index (χ1) is 8.29. The van der Waals surface area contributed by atoms with Crippen LogP contribution >= 0.6 is 0 Å². The lowest BCUT2D eigenvalue weighted by Crippen LogP contribution is -2.62. The smallest absolute Gasteiger partial charge is 0.239 e. The van der Waals surface area contributed by atoms with E-state index >= 15 is 0 Å². The first-order valence-corrected chi connectivity index (χ1v) is 6.84. The maximum Gasteiger partial charge on any atom is 0.239 e. The minimum Gasteiger partial charge on any atom is -0.381 e. The number of carbonyl (C=O) groups is 1. The van der Waals surface area contributed by atoms with E-state index in [4.69, 9.17) is 4.74 Å². The topological polar surface area (TPSA) is 41.6 Å². The molecule has 3 atom stereocenters. The van der Waals surface area contributed by atoms with E-state index in [0.29, 0.717) is 23.8 Å². The van der Waals surface area contributed by atoms with Gasteiger partial charge in [0.05, 0.1) is 12.1 Å². The van der Waals surface area contributed by atoms with E-state index in [-0.39, 0.29) is 6.04 Å². The van der Waals surface area contributed by atoms with Crippen molar-refractivity contribution in [1.82, 2.24) is 10.2 Å². The Morgan fingerprint density at radius 1 is 1.29 bits per heavy atom. The highest BCUT2D eigenvalue weighted by molar-refractivity contribution is 5.82. The summed E-state index contributed by atoms with van der Waals surface area (Å²) in [5.41, 5.74) is 0. The van der Waals surface area contributed by atoms with Crippen molar-refractivity contribution in [3.05, 3.63) is 0 Å². The van der Waals surface area contributed by atoms with Crippen LogP contribution in [0, 0.1) is 11.8 Å². The van der Waals surface area contributed by atoms with Crippen molar-refractivity contribution >= 4 is 5.91 Å². The van der Waals surface area contributed by atoms with Crippen molar-refractivity contribution < 1.29 is 9.53 Å². The van der Waals surface area contributed by atoms with Crippen molar-refractivity contribution in [3.8, 4) is 0 Å². The number of carbonyl (C=O) groups excluding carboxylic acids is 1. The van der Waals surface area contributed by atoms with Crippen LogP contribution in [0.25, 0.3) is 0 Å². The molecular weight excluding hydrogens is 216 g/mol. The van der Waals surface area contributed by atoms with E-state index in [1.54, 1.807) is 7.11 Å². The summed E-state index contributed by atoms with van der Waals surface area (Å²) >= 11 is 0. The monoisotopic (exact) mass is 238 g/mol. The van der Waals surface area contributed by atoms with E-state index in [0.717, 1.165) is 26.1 Å². The SMILES string of the molecule is COC1C2CC1CN(C(=O)C1CCCCN1)C2. The van der Waals surface area contributed by atoms with E-state index in [1.807, 2.05) is 0 Å². The highest BCUT2D eigenvalue weighted by atomic mass is 16.5. The molecule has 17 heavy (non-hydrogen) atoms. The molecule has 0 aromatic rings. The number of methoxy groups -OCH3 is 1. The summed E-state index contributed by atoms with van der Waals surface area (Å²) in [6, 6.07) is 0.0854. The van der Waals surface area contributed by atoms with Crippen molar-refractivity contribution in [1.29, 1.82) is 0 Å². The fraction of sp³-hybridized carbons (Fsp3) is 0.923. The van der Waals surface area contributed by atoms with Crippen molar-refractivity contribution in [3.63, 3.8) is 0 Å². The number of fused-ring (bicyclic) bond motifs is 2. The lowest BCUT2D eigenvalue weighted by atomic mass is 9.68. The molecule has 0 spiro atoms.